The standard InChI is InChI=1S/C20H22FNO6.ClH/c1-10(11(2)28-20(27)12-3-6-14(21)7-4-12)17(18(22)19(25)26)13-5-8-15(23)16(24)9-13;/h3-11,17-18,23-24H,22H2,1-2H3,(H,25,26);1H/t10-,11+,17?,18-;/m0./s1. The van der Waals surface area contributed by atoms with E-state index in [9.17, 15) is 29.3 Å². The number of rotatable bonds is 7. The van der Waals surface area contributed by atoms with Crippen LogP contribution in [-0.4, -0.2) is 39.4 Å². The molecule has 4 atom stereocenters. The van der Waals surface area contributed by atoms with Gasteiger partial charge in [0.05, 0.1) is 5.56 Å². The molecule has 158 valence electrons. The van der Waals surface area contributed by atoms with Crippen LogP contribution in [0.15, 0.2) is 42.5 Å². The first kappa shape index (κ1) is 24.2. The number of phenols is 2. The predicted octanol–water partition coefficient (Wildman–Crippen LogP) is 3.04. The van der Waals surface area contributed by atoms with Crippen molar-refractivity contribution in [3.8, 4) is 11.5 Å². The van der Waals surface area contributed by atoms with Gasteiger partial charge in [-0.1, -0.05) is 13.0 Å². The highest BCUT2D eigenvalue weighted by Crippen LogP contribution is 2.35. The first-order valence-electron chi connectivity index (χ1n) is 8.58. The fraction of sp³-hybridized carbons (Fsp3) is 0.300. The summed E-state index contributed by atoms with van der Waals surface area (Å²) in [7, 11) is 0. The van der Waals surface area contributed by atoms with Crippen LogP contribution in [0.25, 0.3) is 0 Å². The van der Waals surface area contributed by atoms with Crippen LogP contribution in [-0.2, 0) is 9.53 Å². The number of carbonyl (C=O) groups excluding carboxylic acids is 1. The van der Waals surface area contributed by atoms with Gasteiger partial charge in [-0.25, -0.2) is 9.18 Å². The van der Waals surface area contributed by atoms with Crippen molar-refractivity contribution in [1.29, 1.82) is 0 Å². The zero-order chi connectivity index (χ0) is 21.0. The smallest absolute Gasteiger partial charge is 0.338 e. The molecule has 0 saturated heterocycles. The zero-order valence-corrected chi connectivity index (χ0v) is 16.6. The van der Waals surface area contributed by atoms with Crippen LogP contribution in [0.5, 0.6) is 11.5 Å². The van der Waals surface area contributed by atoms with Crippen molar-refractivity contribution in [3.05, 3.63) is 59.4 Å². The molecule has 0 amide bonds. The van der Waals surface area contributed by atoms with Crippen molar-refractivity contribution in [2.24, 2.45) is 11.7 Å². The predicted molar refractivity (Wildman–Crippen MR) is 106 cm³/mol. The first-order valence-corrected chi connectivity index (χ1v) is 8.58. The highest BCUT2D eigenvalue weighted by atomic mass is 35.5. The molecular formula is C20H23ClFNO6. The number of hydrogen-bond donors (Lipinski definition) is 4. The fourth-order valence-electron chi connectivity index (χ4n) is 2.96. The Hall–Kier alpha value is -2.84. The van der Waals surface area contributed by atoms with E-state index < -0.39 is 47.5 Å². The van der Waals surface area contributed by atoms with Gasteiger partial charge in [-0.15, -0.1) is 12.4 Å². The van der Waals surface area contributed by atoms with Crippen LogP contribution < -0.4 is 5.73 Å². The highest BCUT2D eigenvalue weighted by molar-refractivity contribution is 5.89. The Balaban J connectivity index is 0.00000420. The maximum Gasteiger partial charge on any atom is 0.338 e. The molecule has 2 aromatic rings. The lowest BCUT2D eigenvalue weighted by Crippen LogP contribution is -2.42. The summed E-state index contributed by atoms with van der Waals surface area (Å²) >= 11 is 0. The number of hydrogen-bond acceptors (Lipinski definition) is 6. The van der Waals surface area contributed by atoms with Gasteiger partial charge >= 0.3 is 11.9 Å². The van der Waals surface area contributed by atoms with Gasteiger partial charge in [0.2, 0.25) is 0 Å². The SMILES string of the molecule is C[C@H](C(c1ccc(O)c(O)c1)[C@H](N)C(=O)O)[C@@H](C)OC(=O)c1ccc(F)cc1.Cl. The molecule has 1 unspecified atom stereocenters. The summed E-state index contributed by atoms with van der Waals surface area (Å²) in [6.45, 7) is 3.26. The summed E-state index contributed by atoms with van der Waals surface area (Å²) < 4.78 is 18.4. The van der Waals surface area contributed by atoms with E-state index in [1.807, 2.05) is 0 Å². The minimum atomic E-state index is -1.34. The molecule has 0 aliphatic heterocycles. The van der Waals surface area contributed by atoms with E-state index in [4.69, 9.17) is 10.5 Å². The van der Waals surface area contributed by atoms with Gasteiger partial charge in [-0.05, 0) is 48.9 Å². The molecule has 7 nitrogen and oxygen atoms in total. The number of aliphatic carboxylic acids is 1. The van der Waals surface area contributed by atoms with E-state index in [0.717, 1.165) is 12.1 Å². The van der Waals surface area contributed by atoms with E-state index in [2.05, 4.69) is 0 Å². The number of carboxylic acids is 1. The van der Waals surface area contributed by atoms with E-state index in [1.165, 1.54) is 30.3 Å². The second-order valence-electron chi connectivity index (χ2n) is 6.61. The summed E-state index contributed by atoms with van der Waals surface area (Å²) in [6, 6.07) is 7.40. The zero-order valence-electron chi connectivity index (χ0n) is 15.8. The van der Waals surface area contributed by atoms with Gasteiger partial charge < -0.3 is 25.8 Å². The van der Waals surface area contributed by atoms with Crippen molar-refractivity contribution in [2.75, 3.05) is 0 Å². The van der Waals surface area contributed by atoms with Crippen LogP contribution in [0.1, 0.15) is 35.7 Å². The summed E-state index contributed by atoms with van der Waals surface area (Å²) in [5.74, 6) is -4.58. The van der Waals surface area contributed by atoms with E-state index in [0.29, 0.717) is 5.56 Å². The average molecular weight is 428 g/mol. The van der Waals surface area contributed by atoms with E-state index in [-0.39, 0.29) is 23.7 Å². The van der Waals surface area contributed by atoms with Gasteiger partial charge in [0.25, 0.3) is 0 Å². The Morgan fingerprint density at radius 3 is 2.14 bits per heavy atom. The van der Waals surface area contributed by atoms with E-state index in [1.54, 1.807) is 13.8 Å². The number of nitrogens with two attached hydrogens (primary N) is 1. The minimum Gasteiger partial charge on any atom is -0.504 e. The van der Waals surface area contributed by atoms with Crippen molar-refractivity contribution in [3.63, 3.8) is 0 Å². The summed E-state index contributed by atoms with van der Waals surface area (Å²) in [5.41, 5.74) is 6.38. The topological polar surface area (TPSA) is 130 Å². The fourth-order valence-corrected chi connectivity index (χ4v) is 2.96. The molecular weight excluding hydrogens is 405 g/mol. The van der Waals surface area contributed by atoms with Gasteiger partial charge in [0.15, 0.2) is 11.5 Å². The molecule has 5 N–H and O–H groups in total. The molecule has 0 fully saturated rings. The van der Waals surface area contributed by atoms with Crippen LogP contribution in [0.3, 0.4) is 0 Å². The maximum atomic E-state index is 13.0. The molecule has 0 radical (unpaired) electrons. The highest BCUT2D eigenvalue weighted by Gasteiger charge is 2.35. The number of aromatic hydroxyl groups is 2. The number of carboxylic acid groups (broad SMARTS) is 1. The van der Waals surface area contributed by atoms with Crippen LogP contribution in [0.4, 0.5) is 4.39 Å². The normalized spacial score (nSPS) is 14.8. The number of esters is 1. The van der Waals surface area contributed by atoms with Crippen molar-refractivity contribution in [1.82, 2.24) is 0 Å². The number of ether oxygens (including phenoxy) is 1. The molecule has 0 saturated carbocycles. The van der Waals surface area contributed by atoms with Crippen molar-refractivity contribution < 1.29 is 34.0 Å². The Kier molecular flexibility index (Phi) is 8.42. The van der Waals surface area contributed by atoms with Gasteiger partial charge in [-0.3, -0.25) is 4.79 Å². The quantitative estimate of drug-likeness (QED) is 0.394. The second-order valence-corrected chi connectivity index (χ2v) is 6.61. The Labute approximate surface area is 173 Å². The number of halogens is 2. The van der Waals surface area contributed by atoms with Crippen LogP contribution >= 0.6 is 12.4 Å². The molecule has 2 rings (SSSR count). The number of benzene rings is 2. The Morgan fingerprint density at radius 2 is 1.62 bits per heavy atom. The molecule has 2 aromatic carbocycles. The average Bonchev–Trinajstić information content (AvgIpc) is 2.64. The maximum absolute atomic E-state index is 13.0. The largest absolute Gasteiger partial charge is 0.504 e. The first-order chi connectivity index (χ1) is 13.1. The lowest BCUT2D eigenvalue weighted by Gasteiger charge is -2.31. The third kappa shape index (κ3) is 5.82. The van der Waals surface area contributed by atoms with Crippen LogP contribution in [0.2, 0.25) is 0 Å². The lowest BCUT2D eigenvalue weighted by atomic mass is 9.79. The third-order valence-electron chi connectivity index (χ3n) is 4.74. The molecule has 9 heteroatoms. The number of carbonyl (C=O) groups is 2. The molecule has 0 aliphatic carbocycles. The molecule has 0 bridgehead atoms. The minimum absolute atomic E-state index is 0. The van der Waals surface area contributed by atoms with Gasteiger partial charge in [-0.2, -0.15) is 0 Å². The van der Waals surface area contributed by atoms with Crippen LogP contribution in [0, 0.1) is 11.7 Å². The monoisotopic (exact) mass is 427 g/mol. The van der Waals surface area contributed by atoms with Crippen molar-refractivity contribution in [2.45, 2.75) is 31.9 Å². The van der Waals surface area contributed by atoms with Crippen molar-refractivity contribution >= 4 is 24.3 Å². The Bertz CT molecular complexity index is 861. The molecule has 0 spiro atoms. The second kappa shape index (κ2) is 10.1. The van der Waals surface area contributed by atoms with E-state index >= 15 is 0 Å². The molecule has 0 heterocycles. The molecule has 0 aromatic heterocycles. The summed E-state index contributed by atoms with van der Waals surface area (Å²) in [6.07, 6.45) is -0.746. The molecule has 0 aliphatic rings. The number of phenolic OH excluding ortho intramolecular Hbond substituents is 2. The van der Waals surface area contributed by atoms with Gasteiger partial charge in [0, 0.05) is 11.8 Å². The lowest BCUT2D eigenvalue weighted by molar-refractivity contribution is -0.139. The molecule has 29 heavy (non-hydrogen) atoms. The Morgan fingerprint density at radius 1 is 1.03 bits per heavy atom. The third-order valence-corrected chi connectivity index (χ3v) is 4.74. The van der Waals surface area contributed by atoms with Gasteiger partial charge in [0.1, 0.15) is 18.0 Å². The summed E-state index contributed by atoms with van der Waals surface area (Å²) in [4.78, 5) is 23.8. The summed E-state index contributed by atoms with van der Waals surface area (Å²) in [5, 5.41) is 28.6.